The molecule has 0 saturated carbocycles. The molecule has 1 aromatic carbocycles. The van der Waals surface area contributed by atoms with E-state index in [1.807, 2.05) is 43.4 Å². The van der Waals surface area contributed by atoms with Crippen molar-refractivity contribution in [2.24, 2.45) is 0 Å². The molecule has 0 aliphatic carbocycles. The van der Waals surface area contributed by atoms with Crippen LogP contribution in [-0.2, 0) is 9.59 Å². The Morgan fingerprint density at radius 2 is 2.07 bits per heavy atom. The average Bonchev–Trinajstić information content (AvgIpc) is 3.29. The Kier molecular flexibility index (Phi) is 6.62. The number of hydrogen-bond acceptors (Lipinski definition) is 6. The van der Waals surface area contributed by atoms with Crippen molar-refractivity contribution in [1.82, 2.24) is 9.80 Å². The number of aliphatic hydroxyl groups is 1. The monoisotopic (exact) mass is 434 g/mol. The Morgan fingerprint density at radius 1 is 1.31 bits per heavy atom. The number of thiophene rings is 1. The van der Waals surface area contributed by atoms with Crippen LogP contribution in [0.4, 0.5) is 0 Å². The largest absolute Gasteiger partial charge is 0.507 e. The molecule has 1 aliphatic heterocycles. The van der Waals surface area contributed by atoms with Gasteiger partial charge in [-0.25, -0.2) is 0 Å². The van der Waals surface area contributed by atoms with Crippen LogP contribution >= 0.6 is 22.9 Å². The van der Waals surface area contributed by atoms with Crippen LogP contribution in [0, 0.1) is 0 Å². The molecule has 0 radical (unpaired) electrons. The lowest BCUT2D eigenvalue weighted by Gasteiger charge is -2.25. The second-order valence-electron chi connectivity index (χ2n) is 6.89. The van der Waals surface area contributed by atoms with Crippen molar-refractivity contribution < 1.29 is 19.4 Å². The fraction of sp³-hybridized carbons (Fsp3) is 0.333. The number of ether oxygens (including phenoxy) is 1. The lowest BCUT2D eigenvalue weighted by molar-refractivity contribution is -0.140. The standard InChI is InChI=1S/C21H23ClN2O4S/c1-4-28-15-8-7-13(12-14(15)22)19(25)17-18(16-6-5-11-29-16)24(10-9-23(2)3)21(27)20(17)26/h5-8,11-12,18,25H,4,9-10H2,1-3H3/b19-17+/t18-/m0/s1. The summed E-state index contributed by atoms with van der Waals surface area (Å²) in [7, 11) is 3.80. The van der Waals surface area contributed by atoms with Crippen LogP contribution in [0.1, 0.15) is 23.4 Å². The number of benzene rings is 1. The van der Waals surface area contributed by atoms with E-state index in [0.29, 0.717) is 36.0 Å². The highest BCUT2D eigenvalue weighted by atomic mass is 35.5. The highest BCUT2D eigenvalue weighted by molar-refractivity contribution is 7.10. The van der Waals surface area contributed by atoms with Crippen LogP contribution in [0.3, 0.4) is 0 Å². The van der Waals surface area contributed by atoms with E-state index < -0.39 is 17.7 Å². The number of amides is 1. The zero-order valence-corrected chi connectivity index (χ0v) is 18.1. The van der Waals surface area contributed by atoms with Gasteiger partial charge in [-0.2, -0.15) is 0 Å². The van der Waals surface area contributed by atoms with Crippen LogP contribution in [0.25, 0.3) is 5.76 Å². The van der Waals surface area contributed by atoms with Crippen LogP contribution in [0.2, 0.25) is 5.02 Å². The molecule has 1 amide bonds. The maximum atomic E-state index is 12.9. The smallest absolute Gasteiger partial charge is 0.295 e. The van der Waals surface area contributed by atoms with Gasteiger partial charge in [0.2, 0.25) is 0 Å². The van der Waals surface area contributed by atoms with E-state index in [9.17, 15) is 14.7 Å². The number of carbonyl (C=O) groups is 2. The minimum absolute atomic E-state index is 0.0800. The second-order valence-corrected chi connectivity index (χ2v) is 8.28. The molecule has 8 heteroatoms. The molecule has 3 rings (SSSR count). The average molecular weight is 435 g/mol. The number of rotatable bonds is 7. The van der Waals surface area contributed by atoms with Gasteiger partial charge in [0.25, 0.3) is 11.7 Å². The number of ketones is 1. The molecule has 6 nitrogen and oxygen atoms in total. The van der Waals surface area contributed by atoms with E-state index in [-0.39, 0.29) is 11.3 Å². The van der Waals surface area contributed by atoms with Crippen molar-refractivity contribution in [2.45, 2.75) is 13.0 Å². The normalized spacial score (nSPS) is 18.7. The summed E-state index contributed by atoms with van der Waals surface area (Å²) in [5.74, 6) is -1.04. The van der Waals surface area contributed by atoms with Crippen molar-refractivity contribution in [3.63, 3.8) is 0 Å². The van der Waals surface area contributed by atoms with E-state index >= 15 is 0 Å². The van der Waals surface area contributed by atoms with E-state index in [0.717, 1.165) is 4.88 Å². The molecular formula is C21H23ClN2O4S. The number of aliphatic hydroxyl groups excluding tert-OH is 1. The molecule has 2 aromatic rings. The van der Waals surface area contributed by atoms with Crippen molar-refractivity contribution in [3.05, 3.63) is 56.7 Å². The molecule has 2 heterocycles. The fourth-order valence-electron chi connectivity index (χ4n) is 3.24. The third kappa shape index (κ3) is 4.32. The quantitative estimate of drug-likeness (QED) is 0.408. The molecule has 1 saturated heterocycles. The highest BCUT2D eigenvalue weighted by Crippen LogP contribution is 2.41. The van der Waals surface area contributed by atoms with Crippen LogP contribution < -0.4 is 4.74 Å². The summed E-state index contributed by atoms with van der Waals surface area (Å²) in [6.45, 7) is 3.28. The van der Waals surface area contributed by atoms with Gasteiger partial charge in [-0.05, 0) is 50.7 Å². The van der Waals surface area contributed by atoms with Gasteiger partial charge in [0.1, 0.15) is 11.5 Å². The Labute approximate surface area is 179 Å². The Balaban J connectivity index is 2.08. The van der Waals surface area contributed by atoms with Gasteiger partial charge >= 0.3 is 0 Å². The summed E-state index contributed by atoms with van der Waals surface area (Å²) in [6, 6.07) is 7.91. The molecule has 1 N–H and O–H groups in total. The molecule has 0 spiro atoms. The molecule has 1 aliphatic rings. The molecule has 1 atom stereocenters. The minimum Gasteiger partial charge on any atom is -0.507 e. The zero-order chi connectivity index (χ0) is 21.1. The second kappa shape index (κ2) is 8.98. The predicted octanol–water partition coefficient (Wildman–Crippen LogP) is 3.78. The number of carbonyl (C=O) groups excluding carboxylic acids is 2. The first-order valence-corrected chi connectivity index (χ1v) is 10.5. The van der Waals surface area contributed by atoms with Crippen LogP contribution in [-0.4, -0.2) is 60.4 Å². The molecular weight excluding hydrogens is 412 g/mol. The van der Waals surface area contributed by atoms with Crippen molar-refractivity contribution in [1.29, 1.82) is 0 Å². The molecule has 1 fully saturated rings. The first-order chi connectivity index (χ1) is 13.8. The molecule has 0 bridgehead atoms. The van der Waals surface area contributed by atoms with Crippen molar-refractivity contribution in [3.8, 4) is 5.75 Å². The maximum Gasteiger partial charge on any atom is 0.295 e. The Hall–Kier alpha value is -2.35. The Bertz CT molecular complexity index is 940. The van der Waals surface area contributed by atoms with E-state index in [2.05, 4.69) is 0 Å². The van der Waals surface area contributed by atoms with E-state index in [1.54, 1.807) is 18.2 Å². The van der Waals surface area contributed by atoms with Gasteiger partial charge in [0, 0.05) is 23.5 Å². The Morgan fingerprint density at radius 3 is 2.66 bits per heavy atom. The van der Waals surface area contributed by atoms with Crippen LogP contribution in [0.15, 0.2) is 41.3 Å². The van der Waals surface area contributed by atoms with E-state index in [4.69, 9.17) is 16.3 Å². The van der Waals surface area contributed by atoms with Crippen molar-refractivity contribution >= 4 is 40.4 Å². The van der Waals surface area contributed by atoms with Gasteiger partial charge in [-0.15, -0.1) is 11.3 Å². The first kappa shape index (κ1) is 21.4. The number of likely N-dealkylation sites (N-methyl/N-ethyl adjacent to an activating group) is 1. The van der Waals surface area contributed by atoms with Crippen molar-refractivity contribution in [2.75, 3.05) is 33.8 Å². The number of hydrogen-bond donors (Lipinski definition) is 1. The maximum absolute atomic E-state index is 12.9. The first-order valence-electron chi connectivity index (χ1n) is 9.24. The lowest BCUT2D eigenvalue weighted by Crippen LogP contribution is -2.35. The third-order valence-corrected chi connectivity index (χ3v) is 5.87. The lowest BCUT2D eigenvalue weighted by atomic mass is 10.00. The summed E-state index contributed by atoms with van der Waals surface area (Å²) in [5.41, 5.74) is 0.446. The minimum atomic E-state index is -0.690. The van der Waals surface area contributed by atoms with Gasteiger partial charge < -0.3 is 19.6 Å². The summed E-state index contributed by atoms with van der Waals surface area (Å²) >= 11 is 7.69. The molecule has 0 unspecified atom stereocenters. The molecule has 29 heavy (non-hydrogen) atoms. The number of Topliss-reactive ketones (excluding diaryl/α,β-unsaturated/α-hetero) is 1. The van der Waals surface area contributed by atoms with E-state index in [1.165, 1.54) is 16.2 Å². The van der Waals surface area contributed by atoms with Gasteiger partial charge in [0.05, 0.1) is 23.2 Å². The summed E-state index contributed by atoms with van der Waals surface area (Å²) in [4.78, 5) is 29.9. The van der Waals surface area contributed by atoms with Crippen LogP contribution in [0.5, 0.6) is 5.75 Å². The number of halogens is 1. The summed E-state index contributed by atoms with van der Waals surface area (Å²) < 4.78 is 5.42. The predicted molar refractivity (Wildman–Crippen MR) is 115 cm³/mol. The topological polar surface area (TPSA) is 70.1 Å². The highest BCUT2D eigenvalue weighted by Gasteiger charge is 2.46. The summed E-state index contributed by atoms with van der Waals surface area (Å²) in [5, 5.41) is 13.2. The van der Waals surface area contributed by atoms with Gasteiger partial charge in [-0.3, -0.25) is 9.59 Å². The number of likely N-dealkylation sites (tertiary alicyclic amines) is 1. The SMILES string of the molecule is CCOc1ccc(/C(O)=C2\C(=O)C(=O)N(CCN(C)C)[C@H]2c2cccs2)cc1Cl. The zero-order valence-electron chi connectivity index (χ0n) is 16.5. The fourth-order valence-corrected chi connectivity index (χ4v) is 4.32. The third-order valence-electron chi connectivity index (χ3n) is 4.65. The van der Waals surface area contributed by atoms with Gasteiger partial charge in [-0.1, -0.05) is 17.7 Å². The van der Waals surface area contributed by atoms with Gasteiger partial charge in [0.15, 0.2) is 0 Å². The number of nitrogens with zero attached hydrogens (tertiary/aromatic N) is 2. The molecule has 1 aromatic heterocycles. The summed E-state index contributed by atoms with van der Waals surface area (Å²) in [6.07, 6.45) is 0. The molecule has 154 valence electrons.